The summed E-state index contributed by atoms with van der Waals surface area (Å²) in [6.45, 7) is 4.24. The predicted molar refractivity (Wildman–Crippen MR) is 92.7 cm³/mol. The molecule has 0 saturated carbocycles. The van der Waals surface area contributed by atoms with Gasteiger partial charge in [0.2, 0.25) is 0 Å². The van der Waals surface area contributed by atoms with Gasteiger partial charge in [0.05, 0.1) is 24.7 Å². The molecule has 4 heteroatoms. The highest BCUT2D eigenvalue weighted by Gasteiger charge is 2.67. The molecule has 2 saturated heterocycles. The molecule has 2 N–H and O–H groups in total. The monoisotopic (exact) mass is 323 g/mol. The molecule has 4 atom stereocenters. The Hall–Kier alpha value is -2.07. The summed E-state index contributed by atoms with van der Waals surface area (Å²) in [6, 6.07) is 6.27. The summed E-state index contributed by atoms with van der Waals surface area (Å²) < 4.78 is 1.04. The van der Waals surface area contributed by atoms with Crippen LogP contribution in [-0.2, 0) is 10.2 Å². The molecule has 124 valence electrons. The van der Waals surface area contributed by atoms with Crippen LogP contribution in [0.2, 0.25) is 0 Å². The highest BCUT2D eigenvalue weighted by Crippen LogP contribution is 2.63. The third-order valence-corrected chi connectivity index (χ3v) is 7.17. The Morgan fingerprint density at radius 1 is 1.42 bits per heavy atom. The highest BCUT2D eigenvalue weighted by molar-refractivity contribution is 5.85. The van der Waals surface area contributed by atoms with E-state index in [-0.39, 0.29) is 17.1 Å². The number of fused-ring (bicyclic) bond motifs is 2. The third-order valence-electron chi connectivity index (χ3n) is 7.17. The minimum absolute atomic E-state index is 0.130. The SMILES string of the molecule is C/C=C1/C[N+]2(C)CC[C@]34C(=C(C=O)[C@H]1CC32)Nc1c(O)cccc14. The zero-order valence-electron chi connectivity index (χ0n) is 14.2. The molecule has 0 aromatic heterocycles. The number of nitrogens with zero attached hydrogens (tertiary/aromatic N) is 1. The number of anilines is 1. The van der Waals surface area contributed by atoms with Gasteiger partial charge in [0, 0.05) is 30.0 Å². The lowest BCUT2D eigenvalue weighted by Crippen LogP contribution is -2.61. The van der Waals surface area contributed by atoms with Crippen molar-refractivity contribution in [3.05, 3.63) is 46.7 Å². The van der Waals surface area contributed by atoms with E-state index in [2.05, 4.69) is 31.4 Å². The quantitative estimate of drug-likeness (QED) is 0.362. The fourth-order valence-electron chi connectivity index (χ4n) is 6.12. The van der Waals surface area contributed by atoms with E-state index in [1.165, 1.54) is 11.1 Å². The number of para-hydroxylation sites is 1. The first-order valence-electron chi connectivity index (χ1n) is 8.84. The molecule has 1 aliphatic carbocycles. The van der Waals surface area contributed by atoms with Crippen molar-refractivity contribution in [1.82, 2.24) is 0 Å². The van der Waals surface area contributed by atoms with Crippen molar-refractivity contribution in [2.45, 2.75) is 31.2 Å². The lowest BCUT2D eigenvalue weighted by atomic mass is 9.61. The predicted octanol–water partition coefficient (Wildman–Crippen LogP) is 2.71. The molecule has 4 nitrogen and oxygen atoms in total. The molecule has 1 aromatic rings. The number of hydrogen-bond donors (Lipinski definition) is 2. The van der Waals surface area contributed by atoms with Crippen molar-refractivity contribution in [3.63, 3.8) is 0 Å². The van der Waals surface area contributed by atoms with Crippen molar-refractivity contribution in [2.75, 3.05) is 25.5 Å². The van der Waals surface area contributed by atoms with Crippen LogP contribution in [0.1, 0.15) is 25.3 Å². The van der Waals surface area contributed by atoms with Crippen molar-refractivity contribution in [2.24, 2.45) is 5.92 Å². The Bertz CT molecular complexity index is 840. The molecule has 0 radical (unpaired) electrons. The zero-order valence-corrected chi connectivity index (χ0v) is 14.2. The molecular formula is C20H23N2O2+. The van der Waals surface area contributed by atoms with Crippen LogP contribution in [0, 0.1) is 5.92 Å². The average molecular weight is 323 g/mol. The first-order valence-corrected chi connectivity index (χ1v) is 8.84. The number of quaternary nitrogens is 1. The number of carbonyl (C=O) groups excluding carboxylic acids is 1. The molecule has 3 heterocycles. The molecule has 3 aliphatic heterocycles. The van der Waals surface area contributed by atoms with Crippen LogP contribution in [0.5, 0.6) is 5.75 Å². The summed E-state index contributed by atoms with van der Waals surface area (Å²) in [7, 11) is 2.36. The average Bonchev–Trinajstić information content (AvgIpc) is 3.09. The van der Waals surface area contributed by atoms with E-state index in [1.54, 1.807) is 6.07 Å². The van der Waals surface area contributed by atoms with Gasteiger partial charge in [-0.25, -0.2) is 0 Å². The van der Waals surface area contributed by atoms with Crippen molar-refractivity contribution < 1.29 is 14.4 Å². The van der Waals surface area contributed by atoms with E-state index in [1.807, 2.05) is 6.07 Å². The number of carbonyl (C=O) groups is 1. The van der Waals surface area contributed by atoms with Gasteiger partial charge in [-0.05, 0) is 24.1 Å². The first kappa shape index (κ1) is 14.3. The van der Waals surface area contributed by atoms with Gasteiger partial charge in [0.25, 0.3) is 0 Å². The van der Waals surface area contributed by atoms with E-state index in [9.17, 15) is 9.90 Å². The molecule has 4 aliphatic rings. The number of rotatable bonds is 1. The Labute approximate surface area is 142 Å². The second-order valence-corrected chi connectivity index (χ2v) is 8.02. The van der Waals surface area contributed by atoms with Gasteiger partial charge in [-0.15, -0.1) is 0 Å². The molecular weight excluding hydrogens is 300 g/mol. The van der Waals surface area contributed by atoms with Crippen molar-refractivity contribution in [1.29, 1.82) is 0 Å². The summed E-state index contributed by atoms with van der Waals surface area (Å²) in [6.07, 6.45) is 5.34. The normalized spacial score (nSPS) is 40.3. The topological polar surface area (TPSA) is 49.3 Å². The van der Waals surface area contributed by atoms with Gasteiger partial charge in [-0.1, -0.05) is 18.2 Å². The Balaban J connectivity index is 1.86. The van der Waals surface area contributed by atoms with E-state index in [4.69, 9.17) is 0 Å². The maximum absolute atomic E-state index is 12.1. The molecule has 2 bridgehead atoms. The smallest absolute Gasteiger partial charge is 0.148 e. The number of aromatic hydroxyl groups is 1. The van der Waals surface area contributed by atoms with Crippen molar-refractivity contribution >= 4 is 12.0 Å². The molecule has 5 rings (SSSR count). The van der Waals surface area contributed by atoms with Crippen molar-refractivity contribution in [3.8, 4) is 5.75 Å². The van der Waals surface area contributed by atoms with Crippen LogP contribution < -0.4 is 5.32 Å². The standard InChI is InChI=1S/C20H22N2O2/c1-3-12-10-22(2)8-7-20-15-5-4-6-16(24)18(15)21-19(20)14(11-23)13(12)9-17(20)22/h3-6,11,13,17H,7-10H2,1-2H3,(H-,21,23,24)/p+1/b12-3-/t13-,17?,20+,22?/m0/s1. The highest BCUT2D eigenvalue weighted by atomic mass is 16.3. The molecule has 2 fully saturated rings. The number of phenolic OH excluding ortho intramolecular Hbond substituents is 1. The zero-order chi connectivity index (χ0) is 16.7. The van der Waals surface area contributed by atoms with E-state index in [0.29, 0.717) is 6.04 Å². The Kier molecular flexibility index (Phi) is 2.56. The van der Waals surface area contributed by atoms with Crippen LogP contribution >= 0.6 is 0 Å². The number of hydrogen-bond acceptors (Lipinski definition) is 3. The number of aldehydes is 1. The van der Waals surface area contributed by atoms with Crippen LogP contribution in [0.3, 0.4) is 0 Å². The van der Waals surface area contributed by atoms with Gasteiger partial charge in [0.15, 0.2) is 0 Å². The third kappa shape index (κ3) is 1.38. The molecule has 1 aromatic carbocycles. The molecule has 0 amide bonds. The van der Waals surface area contributed by atoms with Crippen LogP contribution in [0.4, 0.5) is 5.69 Å². The number of piperidine rings is 1. The summed E-state index contributed by atoms with van der Waals surface area (Å²) in [5.74, 6) is 0.518. The molecule has 2 unspecified atom stereocenters. The largest absolute Gasteiger partial charge is 0.506 e. The first-order chi connectivity index (χ1) is 11.5. The van der Waals surface area contributed by atoms with Gasteiger partial charge >= 0.3 is 0 Å². The number of nitrogens with one attached hydrogen (secondary N) is 1. The minimum Gasteiger partial charge on any atom is -0.506 e. The molecule has 1 spiro atoms. The van der Waals surface area contributed by atoms with Gasteiger partial charge in [-0.3, -0.25) is 4.79 Å². The fourth-order valence-corrected chi connectivity index (χ4v) is 6.12. The van der Waals surface area contributed by atoms with Gasteiger partial charge in [-0.2, -0.15) is 0 Å². The lowest BCUT2D eigenvalue weighted by molar-refractivity contribution is -0.923. The van der Waals surface area contributed by atoms with E-state index in [0.717, 1.165) is 53.7 Å². The number of allylic oxidation sites excluding steroid dienone is 2. The van der Waals surface area contributed by atoms with E-state index >= 15 is 0 Å². The van der Waals surface area contributed by atoms with Crippen LogP contribution in [0.25, 0.3) is 0 Å². The Morgan fingerprint density at radius 2 is 2.25 bits per heavy atom. The molecule has 24 heavy (non-hydrogen) atoms. The number of likely N-dealkylation sites (N-methyl/N-ethyl adjacent to an activating group) is 1. The summed E-state index contributed by atoms with van der Waals surface area (Å²) >= 11 is 0. The Morgan fingerprint density at radius 3 is 3.00 bits per heavy atom. The number of phenols is 1. The second kappa shape index (κ2) is 4.31. The maximum Gasteiger partial charge on any atom is 0.148 e. The summed E-state index contributed by atoms with van der Waals surface area (Å²) in [5.41, 5.74) is 5.23. The van der Waals surface area contributed by atoms with Crippen LogP contribution in [-0.4, -0.2) is 42.1 Å². The minimum atomic E-state index is -0.130. The van der Waals surface area contributed by atoms with Crippen LogP contribution in [0.15, 0.2) is 41.1 Å². The summed E-state index contributed by atoms with van der Waals surface area (Å²) in [4.78, 5) is 12.1. The second-order valence-electron chi connectivity index (χ2n) is 8.02. The number of benzene rings is 1. The summed E-state index contributed by atoms with van der Waals surface area (Å²) in [5, 5.41) is 13.8. The fraction of sp³-hybridized carbons (Fsp3) is 0.450. The van der Waals surface area contributed by atoms with Gasteiger partial charge in [0.1, 0.15) is 24.6 Å². The maximum atomic E-state index is 12.1. The lowest BCUT2D eigenvalue weighted by Gasteiger charge is -2.51. The van der Waals surface area contributed by atoms with Gasteiger partial charge < -0.3 is 14.9 Å². The van der Waals surface area contributed by atoms with E-state index < -0.39 is 0 Å².